The van der Waals surface area contributed by atoms with Crippen LogP contribution in [0.2, 0.25) is 0 Å². The Morgan fingerprint density at radius 1 is 1.25 bits per heavy atom. The van der Waals surface area contributed by atoms with Crippen molar-refractivity contribution in [3.8, 4) is 0 Å². The Bertz CT molecular complexity index is 220. The molecule has 0 aliphatic carbocycles. The van der Waals surface area contributed by atoms with Crippen molar-refractivity contribution in [2.75, 3.05) is 0 Å². The Morgan fingerprint density at radius 2 is 1.92 bits per heavy atom. The van der Waals surface area contributed by atoms with Gasteiger partial charge in [0, 0.05) is 0 Å². The highest BCUT2D eigenvalue weighted by Gasteiger charge is 1.95. The Kier molecular flexibility index (Phi) is 4.01. The van der Waals surface area contributed by atoms with Gasteiger partial charge in [0.15, 0.2) is 0 Å². The van der Waals surface area contributed by atoms with Crippen LogP contribution in [0, 0.1) is 0 Å². The van der Waals surface area contributed by atoms with Crippen molar-refractivity contribution in [1.29, 1.82) is 0 Å². The Hall–Kier alpha value is -0.630. The van der Waals surface area contributed by atoms with E-state index >= 15 is 0 Å². The average Bonchev–Trinajstić information content (AvgIpc) is 2.15. The summed E-state index contributed by atoms with van der Waals surface area (Å²) in [6.07, 6.45) is 3.39. The van der Waals surface area contributed by atoms with Crippen molar-refractivity contribution in [2.45, 2.75) is 32.1 Å². The number of aromatic nitrogens is 2. The van der Waals surface area contributed by atoms with Gasteiger partial charge in [0.2, 0.25) is 0 Å². The van der Waals surface area contributed by atoms with Gasteiger partial charge >= 0.3 is 0 Å². The predicted octanol–water partition coefficient (Wildman–Crippen LogP) is 2.56. The molecule has 0 N–H and O–H groups in total. The summed E-state index contributed by atoms with van der Waals surface area (Å²) in [5, 5.41) is 8.02. The van der Waals surface area contributed by atoms with Crippen molar-refractivity contribution < 1.29 is 0 Å². The lowest BCUT2D eigenvalue weighted by atomic mass is 10.2. The first-order chi connectivity index (χ1) is 5.86. The molecule has 0 fully saturated rings. The molecule has 0 unspecified atom stereocenters. The molecule has 0 aliphatic heterocycles. The zero-order valence-corrected chi connectivity index (χ0v) is 8.01. The van der Waals surface area contributed by atoms with Gasteiger partial charge in [-0.15, -0.1) is 11.6 Å². The maximum absolute atomic E-state index is 5.58. The molecule has 1 aromatic rings. The number of nitrogens with zero attached hydrogens (tertiary/aromatic N) is 2. The monoisotopic (exact) mass is 184 g/mol. The van der Waals surface area contributed by atoms with Crippen LogP contribution >= 0.6 is 11.6 Å². The van der Waals surface area contributed by atoms with Crippen molar-refractivity contribution in [2.24, 2.45) is 0 Å². The first-order valence-electron chi connectivity index (χ1n) is 4.24. The lowest BCUT2D eigenvalue weighted by Gasteiger charge is -1.97. The third-order valence-corrected chi connectivity index (χ3v) is 1.97. The number of hydrogen-bond acceptors (Lipinski definition) is 2. The average molecular weight is 185 g/mol. The smallest absolute Gasteiger partial charge is 0.0778 e. The molecular formula is C9H13ClN2. The topological polar surface area (TPSA) is 25.8 Å². The number of hydrogen-bond donors (Lipinski definition) is 0. The Balaban J connectivity index is 2.53. The van der Waals surface area contributed by atoms with E-state index < -0.39 is 0 Å². The van der Waals surface area contributed by atoms with E-state index in [4.69, 9.17) is 11.6 Å². The molecule has 1 aromatic heterocycles. The number of unbranched alkanes of at least 4 members (excludes halogenated alkanes) is 1. The van der Waals surface area contributed by atoms with Gasteiger partial charge in [-0.2, -0.15) is 10.2 Å². The van der Waals surface area contributed by atoms with Crippen LogP contribution in [0.3, 0.4) is 0 Å². The quantitative estimate of drug-likeness (QED) is 0.673. The van der Waals surface area contributed by atoms with E-state index in [0.717, 1.165) is 17.8 Å². The van der Waals surface area contributed by atoms with E-state index in [9.17, 15) is 0 Å². The van der Waals surface area contributed by atoms with Crippen LogP contribution in [0.5, 0.6) is 0 Å². The molecule has 0 aliphatic rings. The summed E-state index contributed by atoms with van der Waals surface area (Å²) in [7, 11) is 0. The van der Waals surface area contributed by atoms with E-state index in [1.165, 1.54) is 12.8 Å². The molecule has 1 rings (SSSR count). The molecule has 0 saturated carbocycles. The maximum Gasteiger partial charge on any atom is 0.0778 e. The summed E-state index contributed by atoms with van der Waals surface area (Å²) in [6, 6.07) is 3.94. The van der Waals surface area contributed by atoms with Crippen LogP contribution in [-0.4, -0.2) is 10.2 Å². The summed E-state index contributed by atoms with van der Waals surface area (Å²) >= 11 is 5.58. The van der Waals surface area contributed by atoms with Crippen molar-refractivity contribution in [3.05, 3.63) is 23.5 Å². The van der Waals surface area contributed by atoms with Crippen molar-refractivity contribution in [3.63, 3.8) is 0 Å². The fraction of sp³-hybridized carbons (Fsp3) is 0.556. The first-order valence-corrected chi connectivity index (χ1v) is 4.77. The predicted molar refractivity (Wildman–Crippen MR) is 50.2 cm³/mol. The molecule has 1 heterocycles. The highest BCUT2D eigenvalue weighted by molar-refractivity contribution is 6.16. The van der Waals surface area contributed by atoms with Gasteiger partial charge in [0.25, 0.3) is 0 Å². The molecule has 0 saturated heterocycles. The minimum atomic E-state index is 0.445. The van der Waals surface area contributed by atoms with Crippen LogP contribution in [0.25, 0.3) is 0 Å². The SMILES string of the molecule is CCCCc1ccc(CCl)nn1. The minimum absolute atomic E-state index is 0.445. The molecule has 0 radical (unpaired) electrons. The largest absolute Gasteiger partial charge is 0.155 e. The third-order valence-electron chi connectivity index (χ3n) is 1.70. The van der Waals surface area contributed by atoms with Crippen LogP contribution in [0.1, 0.15) is 31.2 Å². The van der Waals surface area contributed by atoms with Crippen molar-refractivity contribution >= 4 is 11.6 Å². The van der Waals surface area contributed by atoms with Gasteiger partial charge in [0.05, 0.1) is 17.3 Å². The molecule has 0 bridgehead atoms. The van der Waals surface area contributed by atoms with Crippen LogP contribution in [-0.2, 0) is 12.3 Å². The van der Waals surface area contributed by atoms with Gasteiger partial charge in [-0.1, -0.05) is 13.3 Å². The van der Waals surface area contributed by atoms with Gasteiger partial charge in [0.1, 0.15) is 0 Å². The Labute approximate surface area is 78.0 Å². The van der Waals surface area contributed by atoms with Crippen LogP contribution in [0.15, 0.2) is 12.1 Å². The number of rotatable bonds is 4. The standard InChI is InChI=1S/C9H13ClN2/c1-2-3-4-8-5-6-9(7-10)12-11-8/h5-6H,2-4,7H2,1H3. The van der Waals surface area contributed by atoms with Crippen molar-refractivity contribution in [1.82, 2.24) is 10.2 Å². The second-order valence-electron chi connectivity index (χ2n) is 2.75. The second kappa shape index (κ2) is 5.09. The molecule has 0 amide bonds. The molecule has 0 atom stereocenters. The number of halogens is 1. The summed E-state index contributed by atoms with van der Waals surface area (Å²) in [6.45, 7) is 2.17. The molecule has 2 nitrogen and oxygen atoms in total. The third kappa shape index (κ3) is 2.78. The Morgan fingerprint density at radius 3 is 2.42 bits per heavy atom. The van der Waals surface area contributed by atoms with E-state index in [1.807, 2.05) is 12.1 Å². The molecule has 66 valence electrons. The van der Waals surface area contributed by atoms with E-state index in [1.54, 1.807) is 0 Å². The number of alkyl halides is 1. The molecule has 0 spiro atoms. The summed E-state index contributed by atoms with van der Waals surface area (Å²) in [5.41, 5.74) is 1.91. The highest BCUT2D eigenvalue weighted by atomic mass is 35.5. The first kappa shape index (κ1) is 9.46. The lowest BCUT2D eigenvalue weighted by Crippen LogP contribution is -1.95. The van der Waals surface area contributed by atoms with E-state index in [0.29, 0.717) is 5.88 Å². The zero-order valence-electron chi connectivity index (χ0n) is 7.26. The fourth-order valence-corrected chi connectivity index (χ4v) is 1.09. The molecule has 3 heteroatoms. The summed E-state index contributed by atoms with van der Waals surface area (Å²) < 4.78 is 0. The number of aryl methyl sites for hydroxylation is 1. The van der Waals surface area contributed by atoms with Crippen LogP contribution < -0.4 is 0 Å². The van der Waals surface area contributed by atoms with Gasteiger partial charge in [-0.25, -0.2) is 0 Å². The van der Waals surface area contributed by atoms with Gasteiger partial charge in [-0.3, -0.25) is 0 Å². The van der Waals surface area contributed by atoms with Gasteiger partial charge in [-0.05, 0) is 25.0 Å². The normalized spacial score (nSPS) is 10.2. The minimum Gasteiger partial charge on any atom is -0.155 e. The second-order valence-corrected chi connectivity index (χ2v) is 3.02. The lowest BCUT2D eigenvalue weighted by molar-refractivity contribution is 0.754. The summed E-state index contributed by atoms with van der Waals surface area (Å²) in [4.78, 5) is 0. The van der Waals surface area contributed by atoms with E-state index in [2.05, 4.69) is 17.1 Å². The van der Waals surface area contributed by atoms with E-state index in [-0.39, 0.29) is 0 Å². The van der Waals surface area contributed by atoms with Crippen LogP contribution in [0.4, 0.5) is 0 Å². The molecule has 0 aromatic carbocycles. The molecule has 12 heavy (non-hydrogen) atoms. The highest BCUT2D eigenvalue weighted by Crippen LogP contribution is 2.03. The zero-order chi connectivity index (χ0) is 8.81. The maximum atomic E-state index is 5.58. The fourth-order valence-electron chi connectivity index (χ4n) is 0.950. The summed E-state index contributed by atoms with van der Waals surface area (Å²) in [5.74, 6) is 0.445. The van der Waals surface area contributed by atoms with Gasteiger partial charge < -0.3 is 0 Å². The molecular weight excluding hydrogens is 172 g/mol.